The van der Waals surface area contributed by atoms with Crippen LogP contribution < -0.4 is 24.4 Å². The van der Waals surface area contributed by atoms with Crippen LogP contribution in [0.15, 0.2) is 36.4 Å². The number of sulfonamides is 1. The number of methoxy groups -OCH3 is 3. The van der Waals surface area contributed by atoms with Crippen LogP contribution in [-0.2, 0) is 32.6 Å². The summed E-state index contributed by atoms with van der Waals surface area (Å²) in [4.78, 5) is 26.8. The van der Waals surface area contributed by atoms with Gasteiger partial charge in [0.15, 0.2) is 11.5 Å². The van der Waals surface area contributed by atoms with Crippen LogP contribution in [0, 0.1) is 5.92 Å². The molecule has 0 aromatic heterocycles. The van der Waals surface area contributed by atoms with Crippen LogP contribution in [0.2, 0.25) is 0 Å². The van der Waals surface area contributed by atoms with E-state index in [2.05, 4.69) is 5.32 Å². The quantitative estimate of drug-likeness (QED) is 0.537. The first-order chi connectivity index (χ1) is 17.2. The summed E-state index contributed by atoms with van der Waals surface area (Å²) in [5, 5.41) is 2.70. The lowest BCUT2D eigenvalue weighted by Gasteiger charge is -2.29. The number of hydrogen-bond acceptors (Lipinski definition) is 7. The maximum atomic E-state index is 13.0. The summed E-state index contributed by atoms with van der Waals surface area (Å²) in [5.74, 6) is 0.538. The van der Waals surface area contributed by atoms with Crippen molar-refractivity contribution in [1.29, 1.82) is 0 Å². The number of nitrogens with zero attached hydrogens (tertiary/aromatic N) is 2. The predicted molar refractivity (Wildman–Crippen MR) is 134 cm³/mol. The van der Waals surface area contributed by atoms with E-state index in [1.54, 1.807) is 43.4 Å². The van der Waals surface area contributed by atoms with E-state index in [0.717, 1.165) is 11.1 Å². The first-order valence-electron chi connectivity index (χ1n) is 11.7. The summed E-state index contributed by atoms with van der Waals surface area (Å²) >= 11 is 0. The van der Waals surface area contributed by atoms with Crippen molar-refractivity contribution in [3.05, 3.63) is 47.5 Å². The van der Waals surface area contributed by atoms with Crippen molar-refractivity contribution in [2.75, 3.05) is 51.6 Å². The van der Waals surface area contributed by atoms with Gasteiger partial charge in [0, 0.05) is 44.4 Å². The Morgan fingerprint density at radius 3 is 2.47 bits per heavy atom. The maximum Gasteiger partial charge on any atom is 0.227 e. The fourth-order valence-corrected chi connectivity index (χ4v) is 5.91. The highest BCUT2D eigenvalue weighted by Gasteiger charge is 2.35. The number of hydrogen-bond donors (Lipinski definition) is 1. The van der Waals surface area contributed by atoms with E-state index in [9.17, 15) is 18.0 Å². The molecule has 1 unspecified atom stereocenters. The summed E-state index contributed by atoms with van der Waals surface area (Å²) in [6.07, 6.45) is 0.634. The molecule has 2 aromatic rings. The van der Waals surface area contributed by atoms with E-state index in [0.29, 0.717) is 35.9 Å². The molecule has 1 atom stereocenters. The monoisotopic (exact) mass is 517 g/mol. The van der Waals surface area contributed by atoms with Crippen molar-refractivity contribution in [3.63, 3.8) is 0 Å². The Bertz CT molecular complexity index is 1250. The highest BCUT2D eigenvalue weighted by atomic mass is 32.2. The maximum absolute atomic E-state index is 13.0. The number of nitrogens with one attached hydrogen (secondary N) is 1. The minimum atomic E-state index is -3.60. The second-order valence-electron chi connectivity index (χ2n) is 8.77. The van der Waals surface area contributed by atoms with Gasteiger partial charge in [-0.1, -0.05) is 6.07 Å². The van der Waals surface area contributed by atoms with Gasteiger partial charge < -0.3 is 24.4 Å². The van der Waals surface area contributed by atoms with E-state index in [1.807, 2.05) is 12.1 Å². The summed E-state index contributed by atoms with van der Waals surface area (Å²) in [6.45, 7) is 0.795. The Kier molecular flexibility index (Phi) is 7.70. The molecule has 0 saturated carbocycles. The van der Waals surface area contributed by atoms with Crippen LogP contribution >= 0.6 is 0 Å². The van der Waals surface area contributed by atoms with Gasteiger partial charge in [-0.2, -0.15) is 4.31 Å². The average molecular weight is 518 g/mol. The second kappa shape index (κ2) is 10.8. The molecule has 2 aromatic carbocycles. The molecule has 10 nitrogen and oxygen atoms in total. The molecule has 2 aliphatic rings. The number of fused-ring (bicyclic) bond motifs is 1. The van der Waals surface area contributed by atoms with E-state index in [1.165, 1.54) is 11.4 Å². The van der Waals surface area contributed by atoms with Crippen LogP contribution in [-0.4, -0.2) is 71.3 Å². The topological polar surface area (TPSA) is 114 Å². The molecular formula is C25H31N3O7S. The minimum Gasteiger partial charge on any atom is -0.497 e. The third kappa shape index (κ3) is 5.41. The lowest BCUT2D eigenvalue weighted by molar-refractivity contribution is -0.126. The zero-order valence-corrected chi connectivity index (χ0v) is 21.5. The van der Waals surface area contributed by atoms with Crippen LogP contribution in [0.1, 0.15) is 17.5 Å². The van der Waals surface area contributed by atoms with Gasteiger partial charge in [-0.3, -0.25) is 9.59 Å². The summed E-state index contributed by atoms with van der Waals surface area (Å²) in [6, 6.07) is 10.8. The van der Waals surface area contributed by atoms with Crippen molar-refractivity contribution >= 4 is 27.5 Å². The largest absolute Gasteiger partial charge is 0.497 e. The number of amides is 2. The number of carbonyl (C=O) groups excluding carboxylic acids is 2. The lowest BCUT2D eigenvalue weighted by atomic mass is 10.0. The van der Waals surface area contributed by atoms with E-state index in [4.69, 9.17) is 14.2 Å². The molecule has 1 fully saturated rings. The fraction of sp³-hybridized carbons (Fsp3) is 0.440. The standard InChI is InChI=1S/C25H31N3O7S/c1-33-21-6-4-5-20(14-21)28-16-19(13-24(28)29)25(30)26-8-10-36(31,32)27-9-7-17-11-22(34-2)23(35-3)12-18(17)15-27/h4-6,11-12,14,19H,7-10,13,15-16H2,1-3H3,(H,26,30). The molecule has 0 radical (unpaired) electrons. The molecule has 194 valence electrons. The van der Waals surface area contributed by atoms with E-state index >= 15 is 0 Å². The summed E-state index contributed by atoms with van der Waals surface area (Å²) < 4.78 is 43.3. The van der Waals surface area contributed by atoms with Gasteiger partial charge in [-0.15, -0.1) is 0 Å². The van der Waals surface area contributed by atoms with Crippen molar-refractivity contribution in [3.8, 4) is 17.2 Å². The number of rotatable bonds is 9. The zero-order chi connectivity index (χ0) is 25.9. The SMILES string of the molecule is COc1cccc(N2CC(C(=O)NCCS(=O)(=O)N3CCc4cc(OC)c(OC)cc4C3)CC2=O)c1. The molecule has 0 spiro atoms. The van der Waals surface area contributed by atoms with Crippen LogP contribution in [0.4, 0.5) is 5.69 Å². The highest BCUT2D eigenvalue weighted by molar-refractivity contribution is 7.89. The van der Waals surface area contributed by atoms with Gasteiger partial charge in [-0.05, 0) is 41.8 Å². The molecule has 2 heterocycles. The molecule has 2 amide bonds. The lowest BCUT2D eigenvalue weighted by Crippen LogP contribution is -2.41. The van der Waals surface area contributed by atoms with Crippen LogP contribution in [0.5, 0.6) is 17.2 Å². The molecule has 1 saturated heterocycles. The predicted octanol–water partition coefficient (Wildman–Crippen LogP) is 1.57. The minimum absolute atomic E-state index is 0.0275. The first-order valence-corrected chi connectivity index (χ1v) is 13.3. The van der Waals surface area contributed by atoms with Gasteiger partial charge in [-0.25, -0.2) is 8.42 Å². The number of benzene rings is 2. The Labute approximate surface area is 211 Å². The molecule has 0 bridgehead atoms. The Hall–Kier alpha value is -3.31. The highest BCUT2D eigenvalue weighted by Crippen LogP contribution is 2.34. The Morgan fingerprint density at radius 1 is 1.06 bits per heavy atom. The normalized spacial score (nSPS) is 18.0. The number of ether oxygens (including phenoxy) is 3. The van der Waals surface area contributed by atoms with Gasteiger partial charge in [0.25, 0.3) is 0 Å². The second-order valence-corrected chi connectivity index (χ2v) is 10.9. The third-order valence-corrected chi connectivity index (χ3v) is 8.41. The van der Waals surface area contributed by atoms with Crippen molar-refractivity contribution in [2.45, 2.75) is 19.4 Å². The molecule has 2 aliphatic heterocycles. The summed E-state index contributed by atoms with van der Waals surface area (Å²) in [5.41, 5.74) is 2.56. The number of carbonyl (C=O) groups is 2. The van der Waals surface area contributed by atoms with Crippen LogP contribution in [0.3, 0.4) is 0 Å². The first kappa shape index (κ1) is 25.8. The van der Waals surface area contributed by atoms with Crippen LogP contribution in [0.25, 0.3) is 0 Å². The van der Waals surface area contributed by atoms with Gasteiger partial charge in [0.2, 0.25) is 21.8 Å². The Morgan fingerprint density at radius 2 is 1.78 bits per heavy atom. The molecule has 11 heteroatoms. The van der Waals surface area contributed by atoms with Crippen molar-refractivity contribution in [1.82, 2.24) is 9.62 Å². The van der Waals surface area contributed by atoms with E-state index in [-0.39, 0.29) is 43.6 Å². The third-order valence-electron chi connectivity index (χ3n) is 6.60. The molecule has 0 aliphatic carbocycles. The van der Waals surface area contributed by atoms with Crippen molar-refractivity contribution < 1.29 is 32.2 Å². The van der Waals surface area contributed by atoms with Crippen molar-refractivity contribution in [2.24, 2.45) is 5.92 Å². The average Bonchev–Trinajstić information content (AvgIpc) is 3.28. The van der Waals surface area contributed by atoms with Gasteiger partial charge >= 0.3 is 0 Å². The molecule has 36 heavy (non-hydrogen) atoms. The summed E-state index contributed by atoms with van der Waals surface area (Å²) in [7, 11) is 1.06. The van der Waals surface area contributed by atoms with E-state index < -0.39 is 15.9 Å². The number of anilines is 1. The zero-order valence-electron chi connectivity index (χ0n) is 20.7. The molecular weight excluding hydrogens is 486 g/mol. The van der Waals surface area contributed by atoms with Gasteiger partial charge in [0.05, 0.1) is 33.0 Å². The Balaban J connectivity index is 1.32. The smallest absolute Gasteiger partial charge is 0.227 e. The molecule has 4 rings (SSSR count). The molecule has 1 N–H and O–H groups in total. The van der Waals surface area contributed by atoms with Gasteiger partial charge in [0.1, 0.15) is 5.75 Å². The fourth-order valence-electron chi connectivity index (χ4n) is 4.58.